The summed E-state index contributed by atoms with van der Waals surface area (Å²) in [5.41, 5.74) is 0.153. The average Bonchev–Trinajstić information content (AvgIpc) is 2.79. The fraction of sp³-hybridized carbons (Fsp3) is 0.632. The van der Waals surface area contributed by atoms with Crippen molar-refractivity contribution in [2.75, 3.05) is 13.2 Å². The normalized spacial score (nSPS) is 41.0. The van der Waals surface area contributed by atoms with Gasteiger partial charge in [-0.05, 0) is 12.1 Å². The van der Waals surface area contributed by atoms with Crippen molar-refractivity contribution in [3.05, 3.63) is 35.9 Å². The molecule has 2 saturated heterocycles. The summed E-state index contributed by atoms with van der Waals surface area (Å²) in [6, 6.07) is 7.79. The van der Waals surface area contributed by atoms with Gasteiger partial charge in [0.15, 0.2) is 18.7 Å². The van der Waals surface area contributed by atoms with E-state index in [2.05, 4.69) is 0 Å². The third-order valence-electron chi connectivity index (χ3n) is 5.19. The zero-order valence-corrected chi connectivity index (χ0v) is 16.2. The van der Waals surface area contributed by atoms with Gasteiger partial charge in [-0.1, -0.05) is 18.2 Å². The Morgan fingerprint density at radius 1 is 0.774 bits per heavy atom. The molecule has 2 fully saturated rings. The second-order valence-electron chi connectivity index (χ2n) is 7.28. The highest BCUT2D eigenvalue weighted by molar-refractivity contribution is 5.89. The molecule has 0 spiro atoms. The van der Waals surface area contributed by atoms with Crippen molar-refractivity contribution in [1.29, 1.82) is 0 Å². The van der Waals surface area contributed by atoms with Crippen LogP contribution >= 0.6 is 0 Å². The zero-order chi connectivity index (χ0) is 22.7. The van der Waals surface area contributed by atoms with E-state index >= 15 is 0 Å². The van der Waals surface area contributed by atoms with Gasteiger partial charge in [0.25, 0.3) is 0 Å². The molecule has 0 radical (unpaired) electrons. The minimum atomic E-state index is -1.78. The lowest BCUT2D eigenvalue weighted by molar-refractivity contribution is -0.376. The van der Waals surface area contributed by atoms with Gasteiger partial charge in [-0.2, -0.15) is 0 Å². The summed E-state index contributed by atoms with van der Waals surface area (Å²) in [5, 5.41) is 69.6. The van der Waals surface area contributed by atoms with Crippen LogP contribution in [0, 0.1) is 0 Å². The largest absolute Gasteiger partial charge is 0.453 e. The van der Waals surface area contributed by atoms with Crippen LogP contribution in [0.25, 0.3) is 0 Å². The van der Waals surface area contributed by atoms with Gasteiger partial charge < -0.3 is 54.7 Å². The molecule has 12 nitrogen and oxygen atoms in total. The second-order valence-corrected chi connectivity index (χ2v) is 7.28. The van der Waals surface area contributed by atoms with Crippen LogP contribution in [0.5, 0.6) is 0 Å². The summed E-state index contributed by atoms with van der Waals surface area (Å²) in [6.07, 6.45) is -16.0. The topological polar surface area (TPSA) is 196 Å². The summed E-state index contributed by atoms with van der Waals surface area (Å²) < 4.78 is 21.1. The smallest absolute Gasteiger partial charge is 0.338 e. The maximum absolute atomic E-state index is 12.4. The standard InChI is InChI=1S/C19H26O12/c20-6-9-11(22)13(24)14(25)18(28-9)31-19-15(26)16(12(23)10(7-21)29-19)30-17(27)8-4-2-1-3-5-8/h1-5,9-16,18-26H,6-7H2/t9-,10-,11-,12-,13+,14-,15-,16+,18-,19-/m1/s1. The quantitative estimate of drug-likeness (QED) is 0.213. The Morgan fingerprint density at radius 3 is 1.90 bits per heavy atom. The summed E-state index contributed by atoms with van der Waals surface area (Å²) in [7, 11) is 0. The number of rotatable bonds is 6. The molecule has 0 aromatic heterocycles. The molecule has 0 bridgehead atoms. The summed E-state index contributed by atoms with van der Waals surface area (Å²) in [5.74, 6) is -0.853. The molecular weight excluding hydrogens is 420 g/mol. The average molecular weight is 446 g/mol. The maximum Gasteiger partial charge on any atom is 0.338 e. The predicted molar refractivity (Wildman–Crippen MR) is 98.3 cm³/mol. The Bertz CT molecular complexity index is 715. The van der Waals surface area contributed by atoms with Gasteiger partial charge in [-0.25, -0.2) is 4.79 Å². The van der Waals surface area contributed by atoms with Crippen molar-refractivity contribution < 1.29 is 59.5 Å². The van der Waals surface area contributed by atoms with Crippen LogP contribution in [-0.2, 0) is 18.9 Å². The van der Waals surface area contributed by atoms with Crippen molar-refractivity contribution in [3.8, 4) is 0 Å². The van der Waals surface area contributed by atoms with Crippen molar-refractivity contribution in [3.63, 3.8) is 0 Å². The molecule has 10 atom stereocenters. The maximum atomic E-state index is 12.4. The number of esters is 1. The SMILES string of the molecule is O=C(O[C@@H]1[C@@H](O)[C@@H](O[C@H]2O[C@H](CO)[C@@H](O)[C@H](O)[C@H]2O)O[C@H](CO)[C@H]1O)c1ccccc1. The monoisotopic (exact) mass is 446 g/mol. The van der Waals surface area contributed by atoms with E-state index in [1.165, 1.54) is 12.1 Å². The lowest BCUT2D eigenvalue weighted by atomic mass is 9.98. The van der Waals surface area contributed by atoms with Crippen LogP contribution in [0.4, 0.5) is 0 Å². The first-order valence-corrected chi connectivity index (χ1v) is 9.63. The molecule has 0 aliphatic carbocycles. The van der Waals surface area contributed by atoms with E-state index in [9.17, 15) is 40.5 Å². The molecule has 0 amide bonds. The highest BCUT2D eigenvalue weighted by Gasteiger charge is 2.51. The molecule has 1 aromatic carbocycles. The molecule has 174 valence electrons. The van der Waals surface area contributed by atoms with Crippen LogP contribution in [0.3, 0.4) is 0 Å². The van der Waals surface area contributed by atoms with Crippen LogP contribution in [0.15, 0.2) is 30.3 Å². The lowest BCUT2D eigenvalue weighted by Crippen LogP contribution is -2.64. The molecular formula is C19H26O12. The lowest BCUT2D eigenvalue weighted by Gasteiger charge is -2.45. The minimum absolute atomic E-state index is 0.153. The molecule has 7 N–H and O–H groups in total. The van der Waals surface area contributed by atoms with E-state index in [0.717, 1.165) is 0 Å². The number of hydrogen-bond donors (Lipinski definition) is 7. The number of ether oxygens (including phenoxy) is 4. The molecule has 12 heteroatoms. The highest BCUT2D eigenvalue weighted by atomic mass is 16.8. The van der Waals surface area contributed by atoms with Gasteiger partial charge in [0.1, 0.15) is 42.7 Å². The van der Waals surface area contributed by atoms with E-state index in [0.29, 0.717) is 0 Å². The Balaban J connectivity index is 1.75. The van der Waals surface area contributed by atoms with E-state index in [1.807, 2.05) is 0 Å². The summed E-state index contributed by atoms with van der Waals surface area (Å²) >= 11 is 0. The molecule has 2 aliphatic rings. The molecule has 2 heterocycles. The summed E-state index contributed by atoms with van der Waals surface area (Å²) in [4.78, 5) is 12.4. The van der Waals surface area contributed by atoms with Gasteiger partial charge in [-0.15, -0.1) is 0 Å². The minimum Gasteiger partial charge on any atom is -0.453 e. The molecule has 0 unspecified atom stereocenters. The van der Waals surface area contributed by atoms with Gasteiger partial charge >= 0.3 is 5.97 Å². The second kappa shape index (κ2) is 10.3. The number of aliphatic hydroxyl groups is 7. The van der Waals surface area contributed by atoms with Crippen molar-refractivity contribution in [2.45, 2.75) is 61.4 Å². The van der Waals surface area contributed by atoms with Crippen LogP contribution in [0.2, 0.25) is 0 Å². The number of carbonyl (C=O) groups excluding carboxylic acids is 1. The third-order valence-corrected chi connectivity index (χ3v) is 5.19. The van der Waals surface area contributed by atoms with Gasteiger partial charge in [-0.3, -0.25) is 0 Å². The van der Waals surface area contributed by atoms with Gasteiger partial charge in [0.2, 0.25) is 0 Å². The van der Waals surface area contributed by atoms with Gasteiger partial charge in [0, 0.05) is 0 Å². The van der Waals surface area contributed by atoms with E-state index in [-0.39, 0.29) is 5.56 Å². The van der Waals surface area contributed by atoms with Crippen molar-refractivity contribution >= 4 is 5.97 Å². The molecule has 0 saturated carbocycles. The highest BCUT2D eigenvalue weighted by Crippen LogP contribution is 2.29. The zero-order valence-electron chi connectivity index (χ0n) is 16.2. The Morgan fingerprint density at radius 2 is 1.32 bits per heavy atom. The van der Waals surface area contributed by atoms with Crippen LogP contribution in [-0.4, -0.2) is 116 Å². The Hall–Kier alpha value is -1.71. The number of benzene rings is 1. The first-order chi connectivity index (χ1) is 14.8. The molecule has 31 heavy (non-hydrogen) atoms. The van der Waals surface area contributed by atoms with Crippen molar-refractivity contribution in [2.24, 2.45) is 0 Å². The fourth-order valence-electron chi connectivity index (χ4n) is 3.38. The number of hydrogen-bond acceptors (Lipinski definition) is 12. The van der Waals surface area contributed by atoms with Gasteiger partial charge in [0.05, 0.1) is 18.8 Å². The van der Waals surface area contributed by atoms with Crippen LogP contribution in [0.1, 0.15) is 10.4 Å². The molecule has 1 aromatic rings. The fourth-order valence-corrected chi connectivity index (χ4v) is 3.38. The van der Waals surface area contributed by atoms with Crippen molar-refractivity contribution in [1.82, 2.24) is 0 Å². The number of aliphatic hydroxyl groups excluding tert-OH is 7. The summed E-state index contributed by atoms with van der Waals surface area (Å²) in [6.45, 7) is -1.42. The third kappa shape index (κ3) is 5.04. The first kappa shape index (κ1) is 23.9. The van der Waals surface area contributed by atoms with E-state index < -0.39 is 80.6 Å². The van der Waals surface area contributed by atoms with Crippen LogP contribution < -0.4 is 0 Å². The predicted octanol–water partition coefficient (Wildman–Crippen LogP) is -3.53. The molecule has 3 rings (SSSR count). The number of carbonyl (C=O) groups is 1. The molecule has 2 aliphatic heterocycles. The Kier molecular flexibility index (Phi) is 7.93. The Labute approximate surface area is 176 Å². The van der Waals surface area contributed by atoms with E-state index in [4.69, 9.17) is 18.9 Å². The first-order valence-electron chi connectivity index (χ1n) is 9.63. The van der Waals surface area contributed by atoms with E-state index in [1.54, 1.807) is 18.2 Å².